The molecule has 0 aliphatic heterocycles. The van der Waals surface area contributed by atoms with Crippen molar-refractivity contribution in [1.29, 1.82) is 0 Å². The standard InChI is InChI=1S/C14H22N6O/c1-10(2)7-20-9-12(6-17-20)18-14(21)13(15-3)11-5-16-19(4)8-11/h5-6,8-10,13,15H,7H2,1-4H3,(H,18,21). The molecule has 0 saturated heterocycles. The molecule has 21 heavy (non-hydrogen) atoms. The van der Waals surface area contributed by atoms with Gasteiger partial charge in [0.1, 0.15) is 6.04 Å². The fourth-order valence-electron chi connectivity index (χ4n) is 2.15. The average Bonchev–Trinajstić information content (AvgIpc) is 2.99. The molecule has 7 heteroatoms. The highest BCUT2D eigenvalue weighted by Gasteiger charge is 2.20. The third-order valence-electron chi connectivity index (χ3n) is 3.06. The van der Waals surface area contributed by atoms with Gasteiger partial charge < -0.3 is 10.6 Å². The van der Waals surface area contributed by atoms with Gasteiger partial charge in [-0.2, -0.15) is 10.2 Å². The van der Waals surface area contributed by atoms with Crippen molar-refractivity contribution in [1.82, 2.24) is 24.9 Å². The van der Waals surface area contributed by atoms with Crippen molar-refractivity contribution in [2.45, 2.75) is 26.4 Å². The van der Waals surface area contributed by atoms with E-state index in [4.69, 9.17) is 0 Å². The molecule has 114 valence electrons. The number of likely N-dealkylation sites (N-methyl/N-ethyl adjacent to an activating group) is 1. The van der Waals surface area contributed by atoms with Gasteiger partial charge in [0, 0.05) is 31.5 Å². The Balaban J connectivity index is 2.04. The number of hydrogen-bond donors (Lipinski definition) is 2. The summed E-state index contributed by atoms with van der Waals surface area (Å²) in [6, 6.07) is -0.438. The quantitative estimate of drug-likeness (QED) is 0.837. The largest absolute Gasteiger partial charge is 0.322 e. The van der Waals surface area contributed by atoms with Crippen LogP contribution < -0.4 is 10.6 Å². The molecule has 2 rings (SSSR count). The number of nitrogens with one attached hydrogen (secondary N) is 2. The van der Waals surface area contributed by atoms with Crippen molar-refractivity contribution in [3.63, 3.8) is 0 Å². The number of nitrogens with zero attached hydrogens (tertiary/aromatic N) is 4. The van der Waals surface area contributed by atoms with E-state index in [2.05, 4.69) is 34.7 Å². The van der Waals surface area contributed by atoms with E-state index in [1.54, 1.807) is 24.1 Å². The molecule has 0 fully saturated rings. The van der Waals surface area contributed by atoms with Crippen LogP contribution in [0.3, 0.4) is 0 Å². The second-order valence-electron chi connectivity index (χ2n) is 5.50. The number of amides is 1. The van der Waals surface area contributed by atoms with Crippen LogP contribution in [0, 0.1) is 5.92 Å². The summed E-state index contributed by atoms with van der Waals surface area (Å²) in [4.78, 5) is 12.3. The normalized spacial score (nSPS) is 12.6. The molecular formula is C14H22N6O. The molecule has 0 saturated carbocycles. The second kappa shape index (κ2) is 6.53. The summed E-state index contributed by atoms with van der Waals surface area (Å²) >= 11 is 0. The minimum absolute atomic E-state index is 0.130. The zero-order valence-corrected chi connectivity index (χ0v) is 12.9. The van der Waals surface area contributed by atoms with E-state index < -0.39 is 6.04 Å². The Bertz CT molecular complexity index is 600. The Labute approximate surface area is 124 Å². The molecule has 2 heterocycles. The Kier molecular flexibility index (Phi) is 4.74. The third kappa shape index (κ3) is 3.91. The second-order valence-corrected chi connectivity index (χ2v) is 5.50. The summed E-state index contributed by atoms with van der Waals surface area (Å²) in [6.07, 6.45) is 7.01. The lowest BCUT2D eigenvalue weighted by Gasteiger charge is -2.13. The smallest absolute Gasteiger partial charge is 0.246 e. The van der Waals surface area contributed by atoms with Crippen LogP contribution in [-0.2, 0) is 18.4 Å². The minimum Gasteiger partial charge on any atom is -0.322 e. The van der Waals surface area contributed by atoms with Crippen molar-refractivity contribution in [2.75, 3.05) is 12.4 Å². The number of anilines is 1. The molecule has 0 aliphatic rings. The van der Waals surface area contributed by atoms with Crippen LogP contribution in [0.25, 0.3) is 0 Å². The van der Waals surface area contributed by atoms with Crippen molar-refractivity contribution in [3.05, 3.63) is 30.4 Å². The van der Waals surface area contributed by atoms with Gasteiger partial charge in [0.2, 0.25) is 5.91 Å². The molecule has 0 radical (unpaired) electrons. The molecule has 0 aromatic carbocycles. The highest BCUT2D eigenvalue weighted by Crippen LogP contribution is 2.15. The van der Waals surface area contributed by atoms with Crippen molar-refractivity contribution >= 4 is 11.6 Å². The predicted molar refractivity (Wildman–Crippen MR) is 80.7 cm³/mol. The predicted octanol–water partition coefficient (Wildman–Crippen LogP) is 1.17. The van der Waals surface area contributed by atoms with E-state index >= 15 is 0 Å². The number of carbonyl (C=O) groups excluding carboxylic acids is 1. The number of hydrogen-bond acceptors (Lipinski definition) is 4. The van der Waals surface area contributed by atoms with Gasteiger partial charge in [0.25, 0.3) is 0 Å². The molecule has 0 aliphatic carbocycles. The van der Waals surface area contributed by atoms with E-state index in [9.17, 15) is 4.79 Å². The lowest BCUT2D eigenvalue weighted by molar-refractivity contribution is -0.118. The zero-order valence-electron chi connectivity index (χ0n) is 12.9. The Morgan fingerprint density at radius 2 is 2.05 bits per heavy atom. The SMILES string of the molecule is CNC(C(=O)Nc1cnn(CC(C)C)c1)c1cnn(C)c1. The first-order chi connectivity index (χ1) is 9.99. The van der Waals surface area contributed by atoms with E-state index in [0.29, 0.717) is 11.6 Å². The summed E-state index contributed by atoms with van der Waals surface area (Å²) in [5.41, 5.74) is 1.52. The fourth-order valence-corrected chi connectivity index (χ4v) is 2.15. The van der Waals surface area contributed by atoms with Crippen LogP contribution in [0.5, 0.6) is 0 Å². The molecule has 2 N–H and O–H groups in total. The maximum atomic E-state index is 12.3. The monoisotopic (exact) mass is 290 g/mol. The first kappa shape index (κ1) is 15.2. The summed E-state index contributed by atoms with van der Waals surface area (Å²) < 4.78 is 3.51. The Morgan fingerprint density at radius 1 is 1.29 bits per heavy atom. The Morgan fingerprint density at radius 3 is 2.62 bits per heavy atom. The molecule has 1 unspecified atom stereocenters. The van der Waals surface area contributed by atoms with E-state index in [0.717, 1.165) is 12.1 Å². The van der Waals surface area contributed by atoms with Gasteiger partial charge in [-0.15, -0.1) is 0 Å². The molecule has 0 bridgehead atoms. The van der Waals surface area contributed by atoms with Crippen LogP contribution in [0.4, 0.5) is 5.69 Å². The van der Waals surface area contributed by atoms with Crippen LogP contribution in [0.2, 0.25) is 0 Å². The number of rotatable bonds is 6. The van der Waals surface area contributed by atoms with Crippen molar-refractivity contribution in [2.24, 2.45) is 13.0 Å². The number of aryl methyl sites for hydroxylation is 1. The Hall–Kier alpha value is -2.15. The summed E-state index contributed by atoms with van der Waals surface area (Å²) in [5.74, 6) is 0.378. The van der Waals surface area contributed by atoms with Gasteiger partial charge in [-0.05, 0) is 13.0 Å². The summed E-state index contributed by atoms with van der Waals surface area (Å²) in [5, 5.41) is 14.2. The fraction of sp³-hybridized carbons (Fsp3) is 0.500. The van der Waals surface area contributed by atoms with Gasteiger partial charge in [0.15, 0.2) is 0 Å². The average molecular weight is 290 g/mol. The first-order valence-electron chi connectivity index (χ1n) is 6.98. The third-order valence-corrected chi connectivity index (χ3v) is 3.06. The minimum atomic E-state index is -0.438. The van der Waals surface area contributed by atoms with Gasteiger partial charge in [0.05, 0.1) is 18.1 Å². The maximum Gasteiger partial charge on any atom is 0.246 e. The molecule has 2 aromatic rings. The lowest BCUT2D eigenvalue weighted by atomic mass is 10.1. The summed E-state index contributed by atoms with van der Waals surface area (Å²) in [7, 11) is 3.57. The summed E-state index contributed by atoms with van der Waals surface area (Å²) in [6.45, 7) is 5.08. The topological polar surface area (TPSA) is 76.8 Å². The van der Waals surface area contributed by atoms with E-state index in [1.165, 1.54) is 0 Å². The molecule has 7 nitrogen and oxygen atoms in total. The van der Waals surface area contributed by atoms with Gasteiger partial charge in [-0.25, -0.2) is 0 Å². The van der Waals surface area contributed by atoms with Crippen molar-refractivity contribution < 1.29 is 4.79 Å². The van der Waals surface area contributed by atoms with Crippen molar-refractivity contribution in [3.8, 4) is 0 Å². The molecule has 1 amide bonds. The van der Waals surface area contributed by atoms with Crippen LogP contribution in [0.15, 0.2) is 24.8 Å². The number of aromatic nitrogens is 4. The van der Waals surface area contributed by atoms with Crippen LogP contribution in [0.1, 0.15) is 25.5 Å². The highest BCUT2D eigenvalue weighted by molar-refractivity contribution is 5.95. The molecule has 1 atom stereocenters. The van der Waals surface area contributed by atoms with Gasteiger partial charge >= 0.3 is 0 Å². The van der Waals surface area contributed by atoms with E-state index in [1.807, 2.05) is 24.1 Å². The zero-order chi connectivity index (χ0) is 15.4. The van der Waals surface area contributed by atoms with Crippen LogP contribution in [-0.4, -0.2) is 32.5 Å². The van der Waals surface area contributed by atoms with Gasteiger partial charge in [-0.3, -0.25) is 14.2 Å². The van der Waals surface area contributed by atoms with Gasteiger partial charge in [-0.1, -0.05) is 13.8 Å². The lowest BCUT2D eigenvalue weighted by Crippen LogP contribution is -2.30. The molecule has 2 aromatic heterocycles. The highest BCUT2D eigenvalue weighted by atomic mass is 16.2. The number of carbonyl (C=O) groups is 1. The molecular weight excluding hydrogens is 268 g/mol. The van der Waals surface area contributed by atoms with Crippen LogP contribution >= 0.6 is 0 Å². The van der Waals surface area contributed by atoms with E-state index in [-0.39, 0.29) is 5.91 Å². The maximum absolute atomic E-state index is 12.3. The first-order valence-corrected chi connectivity index (χ1v) is 6.98. The molecule has 0 spiro atoms.